The quantitative estimate of drug-likeness (QED) is 0.324. The first-order valence-corrected chi connectivity index (χ1v) is 11.2. The van der Waals surface area contributed by atoms with E-state index < -0.39 is 0 Å². The molecule has 6 heteroatoms. The van der Waals surface area contributed by atoms with E-state index in [0.29, 0.717) is 22.8 Å². The summed E-state index contributed by atoms with van der Waals surface area (Å²) in [5.74, 6) is 0.776. The average Bonchev–Trinajstić information content (AvgIpc) is 2.83. The van der Waals surface area contributed by atoms with Crippen molar-refractivity contribution in [3.8, 4) is 33.8 Å². The van der Waals surface area contributed by atoms with Crippen molar-refractivity contribution in [3.05, 3.63) is 101 Å². The van der Waals surface area contributed by atoms with Gasteiger partial charge in [0, 0.05) is 46.3 Å². The number of rotatable bonds is 8. The summed E-state index contributed by atoms with van der Waals surface area (Å²) >= 11 is 6.44. The zero-order valence-electron chi connectivity index (χ0n) is 18.7. The van der Waals surface area contributed by atoms with Crippen molar-refractivity contribution in [2.24, 2.45) is 0 Å². The van der Waals surface area contributed by atoms with Gasteiger partial charge in [0.05, 0.1) is 12.3 Å². The molecular weight excluding hydrogens is 434 g/mol. The van der Waals surface area contributed by atoms with E-state index in [4.69, 9.17) is 16.3 Å². The largest absolute Gasteiger partial charge is 0.494 e. The Morgan fingerprint density at radius 2 is 1.73 bits per heavy atom. The third-order valence-corrected chi connectivity index (χ3v) is 5.60. The molecule has 0 saturated heterocycles. The lowest BCUT2D eigenvalue weighted by molar-refractivity contribution is 0.281. The molecule has 0 aliphatic heterocycles. The normalized spacial score (nSPS) is 11.0. The van der Waals surface area contributed by atoms with Crippen molar-refractivity contribution in [2.45, 2.75) is 6.42 Å². The van der Waals surface area contributed by atoms with Gasteiger partial charge in [-0.1, -0.05) is 35.9 Å². The van der Waals surface area contributed by atoms with Crippen LogP contribution in [0.1, 0.15) is 6.42 Å². The number of halogens is 1. The highest BCUT2D eigenvalue weighted by atomic mass is 35.5. The standard InChI is InChI=1S/C27H26ClN3O2/c1-30(2)16-7-17-33-22-13-11-21(12-14-22)31-19-20(26-10-5-6-15-29-26)18-24(27(31)32)23-8-3-4-9-25(23)28/h3-6,8-15,18-19H,7,16-17H2,1-2H3. The summed E-state index contributed by atoms with van der Waals surface area (Å²) in [5.41, 5.74) is 3.41. The lowest BCUT2D eigenvalue weighted by Gasteiger charge is -2.14. The van der Waals surface area contributed by atoms with Crippen molar-refractivity contribution >= 4 is 11.6 Å². The molecule has 2 heterocycles. The van der Waals surface area contributed by atoms with Crippen LogP contribution < -0.4 is 10.3 Å². The molecule has 4 aromatic rings. The molecule has 0 amide bonds. The minimum atomic E-state index is -0.151. The summed E-state index contributed by atoms with van der Waals surface area (Å²) < 4.78 is 7.48. The number of benzene rings is 2. The van der Waals surface area contributed by atoms with Crippen LogP contribution in [-0.2, 0) is 0 Å². The van der Waals surface area contributed by atoms with Crippen LogP contribution >= 0.6 is 11.6 Å². The molecule has 0 saturated carbocycles. The average molecular weight is 460 g/mol. The summed E-state index contributed by atoms with van der Waals surface area (Å²) in [7, 11) is 4.09. The van der Waals surface area contributed by atoms with Gasteiger partial charge in [-0.25, -0.2) is 0 Å². The van der Waals surface area contributed by atoms with E-state index in [0.717, 1.165) is 35.7 Å². The number of hydrogen-bond acceptors (Lipinski definition) is 4. The van der Waals surface area contributed by atoms with Crippen LogP contribution in [0.2, 0.25) is 5.02 Å². The molecular formula is C27H26ClN3O2. The molecule has 4 rings (SSSR count). The van der Waals surface area contributed by atoms with Crippen LogP contribution in [0.15, 0.2) is 90.0 Å². The van der Waals surface area contributed by atoms with Gasteiger partial charge in [0.2, 0.25) is 0 Å². The van der Waals surface area contributed by atoms with E-state index in [-0.39, 0.29) is 5.56 Å². The maximum absolute atomic E-state index is 13.5. The molecule has 0 atom stereocenters. The van der Waals surface area contributed by atoms with E-state index in [1.807, 2.05) is 87.0 Å². The van der Waals surface area contributed by atoms with Crippen LogP contribution in [-0.4, -0.2) is 41.7 Å². The van der Waals surface area contributed by atoms with Gasteiger partial charge in [-0.05, 0) is 69.0 Å². The summed E-state index contributed by atoms with van der Waals surface area (Å²) in [5, 5.41) is 0.529. The second-order valence-corrected chi connectivity index (χ2v) is 8.42. The molecule has 2 aromatic carbocycles. The fourth-order valence-corrected chi connectivity index (χ4v) is 3.83. The van der Waals surface area contributed by atoms with E-state index in [9.17, 15) is 4.79 Å². The molecule has 0 N–H and O–H groups in total. The second kappa shape index (κ2) is 10.5. The van der Waals surface area contributed by atoms with E-state index in [2.05, 4.69) is 9.88 Å². The number of pyridine rings is 2. The van der Waals surface area contributed by atoms with Gasteiger partial charge >= 0.3 is 0 Å². The Balaban J connectivity index is 1.73. The zero-order valence-corrected chi connectivity index (χ0v) is 19.5. The fourth-order valence-electron chi connectivity index (χ4n) is 3.59. The van der Waals surface area contributed by atoms with E-state index >= 15 is 0 Å². The molecule has 2 aromatic heterocycles. The van der Waals surface area contributed by atoms with E-state index in [1.165, 1.54) is 0 Å². The number of aromatic nitrogens is 2. The molecule has 0 bridgehead atoms. The van der Waals surface area contributed by atoms with Crippen LogP contribution in [0.3, 0.4) is 0 Å². The van der Waals surface area contributed by atoms with Gasteiger partial charge in [0.25, 0.3) is 5.56 Å². The van der Waals surface area contributed by atoms with Crippen molar-refractivity contribution in [2.75, 3.05) is 27.2 Å². The molecule has 168 valence electrons. The van der Waals surface area contributed by atoms with Crippen LogP contribution in [0.4, 0.5) is 0 Å². The Hall–Kier alpha value is -3.41. The van der Waals surface area contributed by atoms with E-state index in [1.54, 1.807) is 16.8 Å². The Kier molecular flexibility index (Phi) is 7.23. The minimum absolute atomic E-state index is 0.151. The van der Waals surface area contributed by atoms with Crippen LogP contribution in [0, 0.1) is 0 Å². The Bertz CT molecular complexity index is 1270. The minimum Gasteiger partial charge on any atom is -0.494 e. The third-order valence-electron chi connectivity index (χ3n) is 5.28. The molecule has 0 spiro atoms. The van der Waals surface area contributed by atoms with Gasteiger partial charge in [0.15, 0.2) is 0 Å². The highest BCUT2D eigenvalue weighted by Gasteiger charge is 2.14. The molecule has 0 aliphatic rings. The lowest BCUT2D eigenvalue weighted by Crippen LogP contribution is -2.20. The zero-order chi connectivity index (χ0) is 23.2. The third kappa shape index (κ3) is 5.51. The first-order chi connectivity index (χ1) is 16.0. The van der Waals surface area contributed by atoms with Crippen molar-refractivity contribution < 1.29 is 4.74 Å². The first kappa shape index (κ1) is 22.8. The first-order valence-electron chi connectivity index (χ1n) is 10.8. The predicted molar refractivity (Wildman–Crippen MR) is 134 cm³/mol. The lowest BCUT2D eigenvalue weighted by atomic mass is 10.0. The molecule has 0 aliphatic carbocycles. The second-order valence-electron chi connectivity index (χ2n) is 8.01. The number of hydrogen-bond donors (Lipinski definition) is 0. The van der Waals surface area contributed by atoms with Gasteiger partial charge in [-0.2, -0.15) is 0 Å². The van der Waals surface area contributed by atoms with Crippen molar-refractivity contribution in [3.63, 3.8) is 0 Å². The Morgan fingerprint density at radius 1 is 0.970 bits per heavy atom. The number of nitrogens with zero attached hydrogens (tertiary/aromatic N) is 3. The topological polar surface area (TPSA) is 47.4 Å². The van der Waals surface area contributed by atoms with Crippen LogP contribution in [0.25, 0.3) is 28.1 Å². The predicted octanol–water partition coefficient (Wildman–Crippen LogP) is 5.55. The smallest absolute Gasteiger partial charge is 0.263 e. The maximum atomic E-state index is 13.5. The summed E-state index contributed by atoms with van der Waals surface area (Å²) in [6, 6.07) is 22.5. The van der Waals surface area contributed by atoms with Crippen molar-refractivity contribution in [1.82, 2.24) is 14.5 Å². The van der Waals surface area contributed by atoms with Gasteiger partial charge in [-0.15, -0.1) is 0 Å². The molecule has 5 nitrogen and oxygen atoms in total. The number of ether oxygens (including phenoxy) is 1. The van der Waals surface area contributed by atoms with Crippen molar-refractivity contribution in [1.29, 1.82) is 0 Å². The fraction of sp³-hybridized carbons (Fsp3) is 0.185. The molecule has 0 fully saturated rings. The highest BCUT2D eigenvalue weighted by Crippen LogP contribution is 2.29. The highest BCUT2D eigenvalue weighted by molar-refractivity contribution is 6.33. The molecule has 0 unspecified atom stereocenters. The van der Waals surface area contributed by atoms with Gasteiger partial charge in [-0.3, -0.25) is 14.3 Å². The molecule has 0 radical (unpaired) electrons. The Labute approximate surface area is 198 Å². The monoisotopic (exact) mass is 459 g/mol. The maximum Gasteiger partial charge on any atom is 0.263 e. The van der Waals surface area contributed by atoms with Crippen LogP contribution in [0.5, 0.6) is 5.75 Å². The summed E-state index contributed by atoms with van der Waals surface area (Å²) in [4.78, 5) is 20.1. The van der Waals surface area contributed by atoms with Gasteiger partial charge < -0.3 is 9.64 Å². The Morgan fingerprint density at radius 3 is 2.42 bits per heavy atom. The summed E-state index contributed by atoms with van der Waals surface area (Å²) in [6.45, 7) is 1.61. The summed E-state index contributed by atoms with van der Waals surface area (Å²) in [6.07, 6.45) is 4.50. The van der Waals surface area contributed by atoms with Gasteiger partial charge in [0.1, 0.15) is 5.75 Å². The molecule has 33 heavy (non-hydrogen) atoms. The SMILES string of the molecule is CN(C)CCCOc1ccc(-n2cc(-c3ccccn3)cc(-c3ccccc3Cl)c2=O)cc1.